The van der Waals surface area contributed by atoms with Crippen molar-refractivity contribution < 1.29 is 26.7 Å². The zero-order valence-corrected chi connectivity index (χ0v) is 11.2. The van der Waals surface area contributed by atoms with Gasteiger partial charge in [-0.2, -0.15) is 5.10 Å². The predicted octanol–water partition coefficient (Wildman–Crippen LogP) is 2.73. The number of nitrogens with one attached hydrogen (secondary N) is 1. The highest BCUT2D eigenvalue weighted by Crippen LogP contribution is 2.21. The predicted molar refractivity (Wildman–Crippen MR) is 72.1 cm³/mol. The zero-order valence-electron chi connectivity index (χ0n) is 11.2. The number of hydrogen-bond acceptors (Lipinski definition) is 3. The number of nitrogens with two attached hydrogens (primary N) is 1. The van der Waals surface area contributed by atoms with Crippen LogP contribution in [0.15, 0.2) is 29.4 Å². The van der Waals surface area contributed by atoms with Crippen molar-refractivity contribution in [2.75, 3.05) is 5.73 Å². The molecule has 0 radical (unpaired) electrons. The molecule has 4 nitrogen and oxygen atoms in total. The van der Waals surface area contributed by atoms with Gasteiger partial charge in [-0.1, -0.05) is 0 Å². The standard InChI is InChI=1S/C14H8F5N3O/c15-9-8(10(16)12(18)13(19)11(9)17)5-21-22-14(23)6-1-3-7(20)4-2-6/h1-5H,20H2,(H,22,23). The highest BCUT2D eigenvalue weighted by molar-refractivity contribution is 5.95. The van der Waals surface area contributed by atoms with E-state index < -0.39 is 40.6 Å². The van der Waals surface area contributed by atoms with Crippen LogP contribution < -0.4 is 11.2 Å². The quantitative estimate of drug-likeness (QED) is 0.227. The van der Waals surface area contributed by atoms with Crippen molar-refractivity contribution in [2.24, 2.45) is 5.10 Å². The molecule has 0 aliphatic rings. The maximum absolute atomic E-state index is 13.4. The Morgan fingerprint density at radius 1 is 0.913 bits per heavy atom. The third kappa shape index (κ3) is 3.28. The molecule has 0 fully saturated rings. The molecule has 2 aromatic carbocycles. The van der Waals surface area contributed by atoms with Gasteiger partial charge < -0.3 is 5.73 Å². The molecular weight excluding hydrogens is 321 g/mol. The van der Waals surface area contributed by atoms with Crippen LogP contribution in [0.3, 0.4) is 0 Å². The minimum Gasteiger partial charge on any atom is -0.399 e. The van der Waals surface area contributed by atoms with Gasteiger partial charge in [-0.3, -0.25) is 4.79 Å². The molecular formula is C14H8F5N3O. The summed E-state index contributed by atoms with van der Waals surface area (Å²) in [5, 5.41) is 3.18. The number of nitrogen functional groups attached to an aromatic ring is 1. The average Bonchev–Trinajstić information content (AvgIpc) is 2.54. The third-order valence-corrected chi connectivity index (χ3v) is 2.78. The number of hydrogen-bond donors (Lipinski definition) is 2. The second-order valence-corrected chi connectivity index (χ2v) is 4.30. The van der Waals surface area contributed by atoms with Crippen LogP contribution in [-0.2, 0) is 0 Å². The van der Waals surface area contributed by atoms with E-state index in [4.69, 9.17) is 5.73 Å². The molecule has 0 unspecified atom stereocenters. The van der Waals surface area contributed by atoms with E-state index in [1.165, 1.54) is 24.3 Å². The smallest absolute Gasteiger partial charge is 0.271 e. The van der Waals surface area contributed by atoms with E-state index in [1.807, 2.05) is 5.43 Å². The lowest BCUT2D eigenvalue weighted by Crippen LogP contribution is -2.18. The van der Waals surface area contributed by atoms with E-state index in [0.717, 1.165) is 0 Å². The van der Waals surface area contributed by atoms with Crippen molar-refractivity contribution >= 4 is 17.8 Å². The van der Waals surface area contributed by atoms with Crippen molar-refractivity contribution in [3.05, 3.63) is 64.5 Å². The number of carbonyl (C=O) groups is 1. The molecule has 0 spiro atoms. The Hall–Kier alpha value is -2.97. The Bertz CT molecular complexity index is 761. The molecule has 0 atom stereocenters. The summed E-state index contributed by atoms with van der Waals surface area (Å²) in [6.45, 7) is 0. The summed E-state index contributed by atoms with van der Waals surface area (Å²) in [6.07, 6.45) is 0.325. The molecule has 0 aliphatic heterocycles. The summed E-state index contributed by atoms with van der Waals surface area (Å²) in [7, 11) is 0. The van der Waals surface area contributed by atoms with Crippen LogP contribution >= 0.6 is 0 Å². The normalized spacial score (nSPS) is 11.0. The molecule has 3 N–H and O–H groups in total. The summed E-state index contributed by atoms with van der Waals surface area (Å²) >= 11 is 0. The summed E-state index contributed by atoms with van der Waals surface area (Å²) in [6, 6.07) is 5.59. The maximum Gasteiger partial charge on any atom is 0.271 e. The first-order valence-corrected chi connectivity index (χ1v) is 6.03. The van der Waals surface area contributed by atoms with Gasteiger partial charge in [-0.15, -0.1) is 0 Å². The average molecular weight is 329 g/mol. The minimum atomic E-state index is -2.27. The van der Waals surface area contributed by atoms with Gasteiger partial charge in [0.15, 0.2) is 23.3 Å². The van der Waals surface area contributed by atoms with Gasteiger partial charge in [-0.25, -0.2) is 27.4 Å². The first kappa shape index (κ1) is 16.4. The van der Waals surface area contributed by atoms with E-state index >= 15 is 0 Å². The SMILES string of the molecule is Nc1ccc(C(=O)NN=Cc2c(F)c(F)c(F)c(F)c2F)cc1. The topological polar surface area (TPSA) is 67.5 Å². The summed E-state index contributed by atoms with van der Waals surface area (Å²) in [5.74, 6) is -11.3. The lowest BCUT2D eigenvalue weighted by Gasteiger charge is -2.04. The highest BCUT2D eigenvalue weighted by Gasteiger charge is 2.24. The molecule has 2 aromatic rings. The van der Waals surface area contributed by atoms with E-state index in [1.54, 1.807) is 0 Å². The number of benzene rings is 2. The summed E-state index contributed by atoms with van der Waals surface area (Å²) in [5.41, 5.74) is 6.60. The van der Waals surface area contributed by atoms with E-state index in [0.29, 0.717) is 11.9 Å². The van der Waals surface area contributed by atoms with Crippen LogP contribution in [0.1, 0.15) is 15.9 Å². The highest BCUT2D eigenvalue weighted by atomic mass is 19.2. The molecule has 0 saturated heterocycles. The molecule has 120 valence electrons. The molecule has 2 rings (SSSR count). The van der Waals surface area contributed by atoms with Crippen molar-refractivity contribution in [1.82, 2.24) is 5.43 Å². The fraction of sp³-hybridized carbons (Fsp3) is 0. The number of amides is 1. The first-order chi connectivity index (χ1) is 10.8. The van der Waals surface area contributed by atoms with Gasteiger partial charge in [-0.05, 0) is 24.3 Å². The second-order valence-electron chi connectivity index (χ2n) is 4.30. The van der Waals surface area contributed by atoms with E-state index in [9.17, 15) is 26.7 Å². The van der Waals surface area contributed by atoms with Crippen molar-refractivity contribution in [3.8, 4) is 0 Å². The fourth-order valence-electron chi connectivity index (χ4n) is 1.59. The van der Waals surface area contributed by atoms with Gasteiger partial charge in [0.05, 0.1) is 11.8 Å². The zero-order chi connectivity index (χ0) is 17.1. The van der Waals surface area contributed by atoms with Gasteiger partial charge in [0, 0.05) is 11.3 Å². The van der Waals surface area contributed by atoms with Gasteiger partial charge >= 0.3 is 0 Å². The number of halogens is 5. The van der Waals surface area contributed by atoms with Crippen LogP contribution in [0, 0.1) is 29.1 Å². The monoisotopic (exact) mass is 329 g/mol. The lowest BCUT2D eigenvalue weighted by molar-refractivity contribution is 0.0955. The molecule has 9 heteroatoms. The number of carbonyl (C=O) groups excluding carboxylic acids is 1. The molecule has 1 amide bonds. The largest absolute Gasteiger partial charge is 0.399 e. The fourth-order valence-corrected chi connectivity index (χ4v) is 1.59. The maximum atomic E-state index is 13.4. The Morgan fingerprint density at radius 3 is 1.91 bits per heavy atom. The van der Waals surface area contributed by atoms with Crippen LogP contribution in [0.4, 0.5) is 27.6 Å². The molecule has 0 saturated carbocycles. The Balaban J connectivity index is 2.21. The van der Waals surface area contributed by atoms with Crippen molar-refractivity contribution in [1.29, 1.82) is 0 Å². The molecule has 23 heavy (non-hydrogen) atoms. The van der Waals surface area contributed by atoms with Gasteiger partial charge in [0.1, 0.15) is 0 Å². The number of hydrazone groups is 1. The Kier molecular flexibility index (Phi) is 4.58. The number of nitrogens with zero attached hydrogens (tertiary/aromatic N) is 1. The Labute approximate surface area is 126 Å². The van der Waals surface area contributed by atoms with Crippen molar-refractivity contribution in [2.45, 2.75) is 0 Å². The van der Waals surface area contributed by atoms with Crippen LogP contribution in [0.2, 0.25) is 0 Å². The Morgan fingerprint density at radius 2 is 1.39 bits per heavy atom. The van der Waals surface area contributed by atoms with Gasteiger partial charge in [0.2, 0.25) is 5.82 Å². The van der Waals surface area contributed by atoms with E-state index in [-0.39, 0.29) is 5.56 Å². The van der Waals surface area contributed by atoms with Crippen LogP contribution in [0.25, 0.3) is 0 Å². The van der Waals surface area contributed by atoms with Crippen LogP contribution in [-0.4, -0.2) is 12.1 Å². The van der Waals surface area contributed by atoms with Gasteiger partial charge in [0.25, 0.3) is 5.91 Å². The molecule has 0 aromatic heterocycles. The van der Waals surface area contributed by atoms with Crippen molar-refractivity contribution in [3.63, 3.8) is 0 Å². The van der Waals surface area contributed by atoms with Crippen LogP contribution in [0.5, 0.6) is 0 Å². The van der Waals surface area contributed by atoms with E-state index in [2.05, 4.69) is 5.10 Å². The summed E-state index contributed by atoms with van der Waals surface area (Å²) < 4.78 is 65.5. The summed E-state index contributed by atoms with van der Waals surface area (Å²) in [4.78, 5) is 11.6. The number of rotatable bonds is 3. The first-order valence-electron chi connectivity index (χ1n) is 6.03. The molecule has 0 bridgehead atoms. The molecule has 0 heterocycles. The molecule has 0 aliphatic carbocycles. The second kappa shape index (κ2) is 6.42. The minimum absolute atomic E-state index is 0.133. The number of anilines is 1. The lowest BCUT2D eigenvalue weighted by atomic mass is 10.2. The third-order valence-electron chi connectivity index (χ3n) is 2.78.